The van der Waals surface area contributed by atoms with E-state index in [9.17, 15) is 13.2 Å². The number of nitrogens with zero attached hydrogens (tertiary/aromatic N) is 3. The molecule has 2 heterocycles. The zero-order chi connectivity index (χ0) is 21.7. The Morgan fingerprint density at radius 1 is 1.37 bits per heavy atom. The zero-order valence-corrected chi connectivity index (χ0v) is 18.4. The Labute approximate surface area is 176 Å². The molecule has 0 saturated carbocycles. The molecule has 30 heavy (non-hydrogen) atoms. The van der Waals surface area contributed by atoms with Crippen molar-refractivity contribution in [3.63, 3.8) is 0 Å². The molecule has 164 valence electrons. The molecule has 9 nitrogen and oxygen atoms in total. The third-order valence-electron chi connectivity index (χ3n) is 5.18. The van der Waals surface area contributed by atoms with Crippen LogP contribution in [0.25, 0.3) is 0 Å². The van der Waals surface area contributed by atoms with Crippen LogP contribution in [0.5, 0.6) is 5.75 Å². The molecule has 1 aliphatic rings. The van der Waals surface area contributed by atoms with Crippen molar-refractivity contribution in [3.8, 4) is 5.75 Å². The number of aromatic nitrogens is 2. The molecule has 0 bridgehead atoms. The predicted octanol–water partition coefficient (Wildman–Crippen LogP) is 2.31. The number of rotatable bonds is 8. The van der Waals surface area contributed by atoms with Crippen LogP contribution in [-0.4, -0.2) is 55.0 Å². The second-order valence-corrected chi connectivity index (χ2v) is 9.28. The molecular weight excluding hydrogens is 408 g/mol. The fourth-order valence-corrected chi connectivity index (χ4v) is 5.44. The first-order chi connectivity index (χ1) is 14.3. The average molecular weight is 437 g/mol. The first kappa shape index (κ1) is 22.2. The van der Waals surface area contributed by atoms with Crippen LogP contribution in [0.15, 0.2) is 27.6 Å². The first-order valence-corrected chi connectivity index (χ1v) is 11.5. The Morgan fingerprint density at radius 2 is 2.17 bits per heavy atom. The molecule has 1 aromatic heterocycles. The normalized spacial score (nSPS) is 17.6. The van der Waals surface area contributed by atoms with Gasteiger partial charge in [-0.25, -0.2) is 8.42 Å². The van der Waals surface area contributed by atoms with E-state index in [2.05, 4.69) is 15.5 Å². The molecule has 0 aliphatic carbocycles. The number of methoxy groups -OCH3 is 1. The second-order valence-electron chi connectivity index (χ2n) is 7.42. The Balaban J connectivity index is 1.70. The number of hydrogen-bond donors (Lipinski definition) is 1. The van der Waals surface area contributed by atoms with Crippen molar-refractivity contribution in [2.45, 2.75) is 56.9 Å². The molecule has 0 spiro atoms. The summed E-state index contributed by atoms with van der Waals surface area (Å²) >= 11 is 0. The van der Waals surface area contributed by atoms with Gasteiger partial charge in [0, 0.05) is 31.1 Å². The van der Waals surface area contributed by atoms with Gasteiger partial charge in [-0.1, -0.05) is 11.6 Å². The molecule has 1 saturated heterocycles. The van der Waals surface area contributed by atoms with Gasteiger partial charge in [0.2, 0.25) is 15.9 Å². The van der Waals surface area contributed by atoms with Gasteiger partial charge in [0.25, 0.3) is 5.91 Å². The summed E-state index contributed by atoms with van der Waals surface area (Å²) in [6, 6.07) is 4.40. The molecule has 1 N–H and O–H groups in total. The van der Waals surface area contributed by atoms with Crippen LogP contribution < -0.4 is 10.1 Å². The smallest absolute Gasteiger partial charge is 0.251 e. The van der Waals surface area contributed by atoms with E-state index in [1.165, 1.54) is 23.5 Å². The van der Waals surface area contributed by atoms with Crippen molar-refractivity contribution in [1.82, 2.24) is 19.8 Å². The molecule has 2 aromatic rings. The first-order valence-electron chi connectivity index (χ1n) is 10.1. The molecule has 1 aromatic carbocycles. The van der Waals surface area contributed by atoms with Gasteiger partial charge >= 0.3 is 0 Å². The van der Waals surface area contributed by atoms with E-state index in [0.29, 0.717) is 37.6 Å². The van der Waals surface area contributed by atoms with E-state index in [0.717, 1.165) is 19.3 Å². The summed E-state index contributed by atoms with van der Waals surface area (Å²) in [5.74, 6) is 0.984. The van der Waals surface area contributed by atoms with Gasteiger partial charge in [-0.05, 0) is 51.3 Å². The lowest BCUT2D eigenvalue weighted by molar-refractivity contribution is 0.0952. The second kappa shape index (κ2) is 9.57. The summed E-state index contributed by atoms with van der Waals surface area (Å²) in [4.78, 5) is 16.7. The lowest BCUT2D eigenvalue weighted by Gasteiger charge is -2.32. The quantitative estimate of drug-likeness (QED) is 0.632. The molecular formula is C20H28N4O5S. The van der Waals surface area contributed by atoms with Crippen molar-refractivity contribution in [3.05, 3.63) is 35.5 Å². The van der Waals surface area contributed by atoms with Crippen LogP contribution >= 0.6 is 0 Å². The number of amides is 1. The summed E-state index contributed by atoms with van der Waals surface area (Å²) in [5, 5.41) is 6.53. The van der Waals surface area contributed by atoms with Crippen LogP contribution in [0.2, 0.25) is 0 Å². The number of aryl methyl sites for hydroxylation is 2. The van der Waals surface area contributed by atoms with Crippen LogP contribution in [0, 0.1) is 6.92 Å². The molecule has 3 rings (SSSR count). The van der Waals surface area contributed by atoms with Crippen molar-refractivity contribution in [1.29, 1.82) is 0 Å². The van der Waals surface area contributed by atoms with Gasteiger partial charge in [0.1, 0.15) is 10.6 Å². The molecule has 1 amide bonds. The summed E-state index contributed by atoms with van der Waals surface area (Å²) < 4.78 is 38.4. The average Bonchev–Trinajstić information content (AvgIpc) is 3.15. The molecule has 1 unspecified atom stereocenters. The fraction of sp³-hybridized carbons (Fsp3) is 0.550. The van der Waals surface area contributed by atoms with E-state index in [1.807, 2.05) is 6.92 Å². The van der Waals surface area contributed by atoms with E-state index in [-0.39, 0.29) is 28.2 Å². The number of sulfonamides is 1. The fourth-order valence-electron chi connectivity index (χ4n) is 3.56. The number of benzene rings is 1. The predicted molar refractivity (Wildman–Crippen MR) is 110 cm³/mol. The summed E-state index contributed by atoms with van der Waals surface area (Å²) in [5.41, 5.74) is 0.271. The van der Waals surface area contributed by atoms with E-state index in [1.54, 1.807) is 13.0 Å². The number of nitrogens with one attached hydrogen (secondary N) is 1. The number of hydrogen-bond acceptors (Lipinski definition) is 7. The van der Waals surface area contributed by atoms with Gasteiger partial charge in [-0.3, -0.25) is 4.79 Å². The third kappa shape index (κ3) is 4.99. The summed E-state index contributed by atoms with van der Waals surface area (Å²) in [6.45, 7) is 4.52. The third-order valence-corrected chi connectivity index (χ3v) is 7.21. The lowest BCUT2D eigenvalue weighted by atomic mass is 10.1. The maximum Gasteiger partial charge on any atom is 0.251 e. The Morgan fingerprint density at radius 3 is 2.83 bits per heavy atom. The van der Waals surface area contributed by atoms with Crippen molar-refractivity contribution in [2.24, 2.45) is 0 Å². The number of piperidine rings is 1. The highest BCUT2D eigenvalue weighted by Gasteiger charge is 2.33. The maximum absolute atomic E-state index is 13.3. The topological polar surface area (TPSA) is 115 Å². The van der Waals surface area contributed by atoms with Crippen LogP contribution in [-0.2, 0) is 16.4 Å². The summed E-state index contributed by atoms with van der Waals surface area (Å²) in [6.07, 6.45) is 3.83. The van der Waals surface area contributed by atoms with Crippen LogP contribution in [0.3, 0.4) is 0 Å². The van der Waals surface area contributed by atoms with Crippen molar-refractivity contribution >= 4 is 15.9 Å². The van der Waals surface area contributed by atoms with Crippen LogP contribution in [0.4, 0.5) is 0 Å². The minimum absolute atomic E-state index is 0.0211. The van der Waals surface area contributed by atoms with Crippen molar-refractivity contribution < 1.29 is 22.5 Å². The monoisotopic (exact) mass is 436 g/mol. The molecule has 1 aliphatic heterocycles. The van der Waals surface area contributed by atoms with Crippen LogP contribution in [0.1, 0.15) is 54.7 Å². The largest absolute Gasteiger partial charge is 0.495 e. The highest BCUT2D eigenvalue weighted by Crippen LogP contribution is 2.31. The Kier molecular flexibility index (Phi) is 7.09. The highest BCUT2D eigenvalue weighted by atomic mass is 32.2. The number of carbonyl (C=O) groups excluding carboxylic acids is 1. The van der Waals surface area contributed by atoms with E-state index < -0.39 is 10.0 Å². The minimum Gasteiger partial charge on any atom is -0.495 e. The van der Waals surface area contributed by atoms with Gasteiger partial charge in [0.15, 0.2) is 5.82 Å². The minimum atomic E-state index is -3.77. The number of ether oxygens (including phenoxy) is 1. The molecule has 1 atom stereocenters. The molecule has 10 heteroatoms. The van der Waals surface area contributed by atoms with Gasteiger partial charge < -0.3 is 14.6 Å². The van der Waals surface area contributed by atoms with Gasteiger partial charge in [-0.15, -0.1) is 0 Å². The Bertz CT molecular complexity index is 989. The number of carbonyl (C=O) groups is 1. The standard InChI is InChI=1S/C20H28N4O5S/c1-14-7-4-5-12-24(14)30(26,27)18-13-16(9-10-17(18)28-3)20(25)21-11-6-8-19-22-15(2)23-29-19/h9-10,13-14H,4-8,11-12H2,1-3H3,(H,21,25). The zero-order valence-electron chi connectivity index (χ0n) is 17.6. The van der Waals surface area contributed by atoms with Crippen molar-refractivity contribution in [2.75, 3.05) is 20.2 Å². The molecule has 0 radical (unpaired) electrons. The lowest BCUT2D eigenvalue weighted by Crippen LogP contribution is -2.42. The van der Waals surface area contributed by atoms with Gasteiger partial charge in [0.05, 0.1) is 7.11 Å². The van der Waals surface area contributed by atoms with Gasteiger partial charge in [-0.2, -0.15) is 9.29 Å². The summed E-state index contributed by atoms with van der Waals surface area (Å²) in [7, 11) is -2.34. The molecule has 1 fully saturated rings. The maximum atomic E-state index is 13.3. The SMILES string of the molecule is COc1ccc(C(=O)NCCCc2nc(C)no2)cc1S(=O)(=O)N1CCCCC1C. The Hall–Kier alpha value is -2.46. The highest BCUT2D eigenvalue weighted by molar-refractivity contribution is 7.89. The van der Waals surface area contributed by atoms with E-state index in [4.69, 9.17) is 9.26 Å². The van der Waals surface area contributed by atoms with E-state index >= 15 is 0 Å².